The van der Waals surface area contributed by atoms with Gasteiger partial charge in [-0.15, -0.1) is 0 Å². The van der Waals surface area contributed by atoms with Gasteiger partial charge >= 0.3 is 11.9 Å². The highest BCUT2D eigenvalue weighted by Gasteiger charge is 2.34. The molecule has 1 amide bonds. The Morgan fingerprint density at radius 1 is 1.10 bits per heavy atom. The molecule has 9 nitrogen and oxygen atoms in total. The van der Waals surface area contributed by atoms with Crippen LogP contribution in [0.1, 0.15) is 36.0 Å². The number of hydrogen-bond donors (Lipinski definition) is 1. The SMILES string of the molecule is COC(=O)c1ccccc1S(=O)(=O)N1CCC(C(=O)NCC(=O)OCC2CC2)CC1. The Morgan fingerprint density at radius 2 is 1.77 bits per heavy atom. The number of ether oxygens (including phenoxy) is 2. The lowest BCUT2D eigenvalue weighted by atomic mass is 9.97. The highest BCUT2D eigenvalue weighted by molar-refractivity contribution is 7.89. The fourth-order valence-corrected chi connectivity index (χ4v) is 4.97. The van der Waals surface area contributed by atoms with Gasteiger partial charge in [0.05, 0.1) is 24.2 Å². The fourth-order valence-electron chi connectivity index (χ4n) is 3.32. The van der Waals surface area contributed by atoms with Gasteiger partial charge < -0.3 is 14.8 Å². The Labute approximate surface area is 175 Å². The van der Waals surface area contributed by atoms with Crippen LogP contribution in [-0.4, -0.2) is 63.9 Å². The molecule has 2 aliphatic rings. The Balaban J connectivity index is 1.53. The fraction of sp³-hybridized carbons (Fsp3) is 0.550. The summed E-state index contributed by atoms with van der Waals surface area (Å²) in [5.41, 5.74) is -0.0235. The summed E-state index contributed by atoms with van der Waals surface area (Å²) in [7, 11) is -2.71. The first-order chi connectivity index (χ1) is 14.3. The van der Waals surface area contributed by atoms with Gasteiger partial charge in [0.1, 0.15) is 6.54 Å². The normalized spacial score (nSPS) is 17.9. The van der Waals surface area contributed by atoms with E-state index in [2.05, 4.69) is 10.1 Å². The van der Waals surface area contributed by atoms with Crippen LogP contribution in [-0.2, 0) is 29.1 Å². The van der Waals surface area contributed by atoms with Crippen LogP contribution in [0, 0.1) is 11.8 Å². The monoisotopic (exact) mass is 438 g/mol. The standard InChI is InChI=1S/C20H26N2O7S/c1-28-20(25)16-4-2-3-5-17(16)30(26,27)22-10-8-15(9-11-22)19(24)21-12-18(23)29-13-14-6-7-14/h2-5,14-15H,6-13H2,1H3,(H,21,24). The molecule has 1 aromatic carbocycles. The van der Waals surface area contributed by atoms with Gasteiger partial charge in [0, 0.05) is 19.0 Å². The molecule has 1 heterocycles. The number of piperidine rings is 1. The number of rotatable bonds is 8. The molecular weight excluding hydrogens is 412 g/mol. The average Bonchev–Trinajstić information content (AvgIpc) is 3.60. The van der Waals surface area contributed by atoms with Crippen molar-refractivity contribution in [3.8, 4) is 0 Å². The number of amides is 1. The molecule has 3 rings (SSSR count). The number of hydrogen-bond acceptors (Lipinski definition) is 7. The first kappa shape index (κ1) is 22.2. The minimum atomic E-state index is -3.91. The topological polar surface area (TPSA) is 119 Å². The van der Waals surface area contributed by atoms with Crippen LogP contribution in [0.15, 0.2) is 29.2 Å². The van der Waals surface area contributed by atoms with Gasteiger partial charge in [-0.2, -0.15) is 4.31 Å². The largest absolute Gasteiger partial charge is 0.465 e. The number of nitrogens with zero attached hydrogens (tertiary/aromatic N) is 1. The van der Waals surface area contributed by atoms with Crippen molar-refractivity contribution in [1.82, 2.24) is 9.62 Å². The zero-order valence-corrected chi connectivity index (χ0v) is 17.7. The molecule has 1 aliphatic heterocycles. The number of sulfonamides is 1. The van der Waals surface area contributed by atoms with Crippen molar-refractivity contribution in [2.45, 2.75) is 30.6 Å². The second-order valence-corrected chi connectivity index (χ2v) is 9.42. The van der Waals surface area contributed by atoms with E-state index in [1.54, 1.807) is 12.1 Å². The molecule has 1 aliphatic carbocycles. The molecule has 1 N–H and O–H groups in total. The molecule has 10 heteroatoms. The van der Waals surface area contributed by atoms with Crippen LogP contribution in [0.2, 0.25) is 0 Å². The summed E-state index contributed by atoms with van der Waals surface area (Å²) >= 11 is 0. The number of carbonyl (C=O) groups is 3. The van der Waals surface area contributed by atoms with Gasteiger partial charge in [-0.05, 0) is 43.7 Å². The Bertz CT molecular complexity index is 903. The summed E-state index contributed by atoms with van der Waals surface area (Å²) in [5.74, 6) is -1.40. The quantitative estimate of drug-likeness (QED) is 0.600. The maximum absolute atomic E-state index is 13.0. The third kappa shape index (κ3) is 5.37. The summed E-state index contributed by atoms with van der Waals surface area (Å²) in [4.78, 5) is 35.8. The van der Waals surface area contributed by atoms with Crippen molar-refractivity contribution in [3.05, 3.63) is 29.8 Å². The van der Waals surface area contributed by atoms with Crippen molar-refractivity contribution in [1.29, 1.82) is 0 Å². The first-order valence-electron chi connectivity index (χ1n) is 9.93. The Morgan fingerprint density at radius 3 is 2.40 bits per heavy atom. The van der Waals surface area contributed by atoms with Gasteiger partial charge in [-0.25, -0.2) is 13.2 Å². The molecule has 0 radical (unpaired) electrons. The van der Waals surface area contributed by atoms with Crippen molar-refractivity contribution in [3.63, 3.8) is 0 Å². The van der Waals surface area contributed by atoms with Crippen molar-refractivity contribution in [2.24, 2.45) is 11.8 Å². The second-order valence-electron chi connectivity index (χ2n) is 7.51. The number of esters is 2. The van der Waals surface area contributed by atoms with Gasteiger partial charge in [-0.1, -0.05) is 12.1 Å². The minimum Gasteiger partial charge on any atom is -0.465 e. The van der Waals surface area contributed by atoms with Gasteiger partial charge in [0.2, 0.25) is 15.9 Å². The highest BCUT2D eigenvalue weighted by atomic mass is 32.2. The summed E-state index contributed by atoms with van der Waals surface area (Å²) < 4.78 is 37.0. The third-order valence-electron chi connectivity index (χ3n) is 5.32. The lowest BCUT2D eigenvalue weighted by molar-refractivity contribution is -0.144. The van der Waals surface area contributed by atoms with Crippen LogP contribution in [0.5, 0.6) is 0 Å². The Hall–Kier alpha value is -2.46. The maximum atomic E-state index is 13.0. The van der Waals surface area contributed by atoms with Crippen molar-refractivity contribution in [2.75, 3.05) is 33.4 Å². The molecule has 0 aromatic heterocycles. The van der Waals surface area contributed by atoms with Gasteiger partial charge in [-0.3, -0.25) is 9.59 Å². The van der Waals surface area contributed by atoms with Crippen LogP contribution >= 0.6 is 0 Å². The van der Waals surface area contributed by atoms with E-state index < -0.39 is 22.0 Å². The highest BCUT2D eigenvalue weighted by Crippen LogP contribution is 2.29. The van der Waals surface area contributed by atoms with E-state index in [4.69, 9.17) is 4.74 Å². The van der Waals surface area contributed by atoms with E-state index in [9.17, 15) is 22.8 Å². The van der Waals surface area contributed by atoms with Crippen LogP contribution in [0.25, 0.3) is 0 Å². The van der Waals surface area contributed by atoms with Crippen molar-refractivity contribution >= 4 is 27.9 Å². The maximum Gasteiger partial charge on any atom is 0.339 e. The van der Waals surface area contributed by atoms with E-state index in [1.807, 2.05) is 0 Å². The number of carbonyl (C=O) groups excluding carboxylic acids is 3. The molecule has 0 unspecified atom stereocenters. The van der Waals surface area contributed by atoms with Gasteiger partial charge in [0.15, 0.2) is 0 Å². The average molecular weight is 439 g/mol. The Kier molecular flexibility index (Phi) is 7.09. The van der Waals surface area contributed by atoms with E-state index in [1.165, 1.54) is 23.5 Å². The molecule has 30 heavy (non-hydrogen) atoms. The van der Waals surface area contributed by atoms with E-state index in [0.29, 0.717) is 25.4 Å². The van der Waals surface area contributed by atoms with Crippen molar-refractivity contribution < 1.29 is 32.3 Å². The summed E-state index contributed by atoms with van der Waals surface area (Å²) in [5, 5.41) is 2.57. The smallest absolute Gasteiger partial charge is 0.339 e. The lowest BCUT2D eigenvalue weighted by Crippen LogP contribution is -2.44. The lowest BCUT2D eigenvalue weighted by Gasteiger charge is -2.30. The van der Waals surface area contributed by atoms with E-state index in [-0.39, 0.29) is 41.9 Å². The summed E-state index contributed by atoms with van der Waals surface area (Å²) in [6, 6.07) is 5.88. The number of nitrogens with one attached hydrogen (secondary N) is 1. The van der Waals surface area contributed by atoms with Crippen LogP contribution in [0.4, 0.5) is 0 Å². The molecular formula is C20H26N2O7S. The molecule has 0 atom stereocenters. The molecule has 164 valence electrons. The van der Waals surface area contributed by atoms with Crippen LogP contribution in [0.3, 0.4) is 0 Å². The van der Waals surface area contributed by atoms with E-state index >= 15 is 0 Å². The number of benzene rings is 1. The molecule has 1 saturated carbocycles. The molecule has 0 spiro atoms. The third-order valence-corrected chi connectivity index (χ3v) is 7.28. The molecule has 0 bridgehead atoms. The second kappa shape index (κ2) is 9.57. The molecule has 1 aromatic rings. The van der Waals surface area contributed by atoms with Gasteiger partial charge in [0.25, 0.3) is 0 Å². The zero-order valence-electron chi connectivity index (χ0n) is 16.8. The minimum absolute atomic E-state index is 0.0235. The summed E-state index contributed by atoms with van der Waals surface area (Å²) in [6.45, 7) is 0.499. The number of methoxy groups -OCH3 is 1. The predicted molar refractivity (Wildman–Crippen MR) is 106 cm³/mol. The molecule has 1 saturated heterocycles. The first-order valence-corrected chi connectivity index (χ1v) is 11.4. The molecule has 2 fully saturated rings. The summed E-state index contributed by atoms with van der Waals surface area (Å²) in [6.07, 6.45) is 2.79. The predicted octanol–water partition coefficient (Wildman–Crippen LogP) is 0.943. The van der Waals surface area contributed by atoms with E-state index in [0.717, 1.165) is 12.8 Å². The van der Waals surface area contributed by atoms with Crippen LogP contribution < -0.4 is 5.32 Å². The zero-order chi connectivity index (χ0) is 21.7.